The first-order valence-corrected chi connectivity index (χ1v) is 6.97. The molecule has 1 saturated heterocycles. The SMILES string of the molecule is CCN(CC1CCCO1)C(=O)Nc1ccc(C(=O)O)nc1. The van der Waals surface area contributed by atoms with Gasteiger partial charge in [-0.2, -0.15) is 0 Å². The summed E-state index contributed by atoms with van der Waals surface area (Å²) in [7, 11) is 0. The highest BCUT2D eigenvalue weighted by molar-refractivity contribution is 5.90. The van der Waals surface area contributed by atoms with Crippen LogP contribution in [0.3, 0.4) is 0 Å². The molecule has 1 aliphatic rings. The van der Waals surface area contributed by atoms with E-state index in [0.717, 1.165) is 19.4 Å². The van der Waals surface area contributed by atoms with E-state index in [4.69, 9.17) is 9.84 Å². The van der Waals surface area contributed by atoms with E-state index in [1.165, 1.54) is 18.3 Å². The third kappa shape index (κ3) is 4.16. The van der Waals surface area contributed by atoms with Crippen molar-refractivity contribution in [1.29, 1.82) is 0 Å². The van der Waals surface area contributed by atoms with Crippen molar-refractivity contribution in [2.75, 3.05) is 25.0 Å². The molecular formula is C14H19N3O4. The predicted molar refractivity (Wildman–Crippen MR) is 76.4 cm³/mol. The summed E-state index contributed by atoms with van der Waals surface area (Å²) in [5.74, 6) is -1.10. The second kappa shape index (κ2) is 7.03. The van der Waals surface area contributed by atoms with Crippen LogP contribution in [0.4, 0.5) is 10.5 Å². The zero-order valence-electron chi connectivity index (χ0n) is 11.9. The van der Waals surface area contributed by atoms with E-state index in [1.807, 2.05) is 6.92 Å². The van der Waals surface area contributed by atoms with Gasteiger partial charge in [-0.1, -0.05) is 0 Å². The van der Waals surface area contributed by atoms with E-state index >= 15 is 0 Å². The average molecular weight is 293 g/mol. The molecule has 0 spiro atoms. The second-order valence-corrected chi connectivity index (χ2v) is 4.84. The number of carbonyl (C=O) groups is 2. The van der Waals surface area contributed by atoms with E-state index in [-0.39, 0.29) is 17.8 Å². The summed E-state index contributed by atoms with van der Waals surface area (Å²) >= 11 is 0. The molecule has 2 rings (SSSR count). The predicted octanol–water partition coefficient (Wildman–Crippen LogP) is 1.81. The summed E-state index contributed by atoms with van der Waals surface area (Å²) in [6.07, 6.45) is 3.44. The molecule has 7 nitrogen and oxygen atoms in total. The number of carboxylic acid groups (broad SMARTS) is 1. The van der Waals surface area contributed by atoms with Crippen LogP contribution < -0.4 is 5.32 Å². The highest BCUT2D eigenvalue weighted by Gasteiger charge is 2.21. The van der Waals surface area contributed by atoms with Crippen LogP contribution in [0.15, 0.2) is 18.3 Å². The Kier molecular flexibility index (Phi) is 5.10. The van der Waals surface area contributed by atoms with Gasteiger partial charge in [-0.15, -0.1) is 0 Å². The van der Waals surface area contributed by atoms with E-state index in [1.54, 1.807) is 4.90 Å². The Morgan fingerprint density at radius 1 is 1.52 bits per heavy atom. The minimum Gasteiger partial charge on any atom is -0.477 e. The largest absolute Gasteiger partial charge is 0.477 e. The fourth-order valence-corrected chi connectivity index (χ4v) is 2.19. The van der Waals surface area contributed by atoms with Gasteiger partial charge in [0.1, 0.15) is 5.69 Å². The van der Waals surface area contributed by atoms with Crippen LogP contribution in [0, 0.1) is 0 Å². The monoisotopic (exact) mass is 293 g/mol. The molecule has 1 aromatic rings. The first-order chi connectivity index (χ1) is 10.1. The van der Waals surface area contributed by atoms with Crippen LogP contribution >= 0.6 is 0 Å². The molecular weight excluding hydrogens is 274 g/mol. The zero-order chi connectivity index (χ0) is 15.2. The Morgan fingerprint density at radius 3 is 2.86 bits per heavy atom. The third-order valence-electron chi connectivity index (χ3n) is 3.35. The van der Waals surface area contributed by atoms with Crippen molar-refractivity contribution in [2.24, 2.45) is 0 Å². The quantitative estimate of drug-likeness (QED) is 0.864. The lowest BCUT2D eigenvalue weighted by Gasteiger charge is -2.24. The van der Waals surface area contributed by atoms with Crippen molar-refractivity contribution < 1.29 is 19.4 Å². The molecule has 0 aromatic carbocycles. The Labute approximate surface area is 122 Å². The van der Waals surface area contributed by atoms with Gasteiger partial charge in [0.2, 0.25) is 0 Å². The summed E-state index contributed by atoms with van der Waals surface area (Å²) in [4.78, 5) is 28.3. The number of urea groups is 1. The van der Waals surface area contributed by atoms with E-state index in [2.05, 4.69) is 10.3 Å². The van der Waals surface area contributed by atoms with Crippen LogP contribution in [0.5, 0.6) is 0 Å². The van der Waals surface area contributed by atoms with Crippen molar-refractivity contribution in [3.05, 3.63) is 24.0 Å². The minimum absolute atomic E-state index is 0.0558. The molecule has 2 heterocycles. The van der Waals surface area contributed by atoms with Crippen molar-refractivity contribution in [3.8, 4) is 0 Å². The zero-order valence-corrected chi connectivity index (χ0v) is 11.9. The maximum absolute atomic E-state index is 12.2. The number of amides is 2. The number of rotatable bonds is 5. The summed E-state index contributed by atoms with van der Waals surface area (Å²) in [6, 6.07) is 2.64. The molecule has 0 saturated carbocycles. The molecule has 1 unspecified atom stereocenters. The number of carboxylic acids is 1. The Balaban J connectivity index is 1.93. The molecule has 0 radical (unpaired) electrons. The van der Waals surface area contributed by atoms with Gasteiger partial charge in [0, 0.05) is 19.7 Å². The molecule has 0 aliphatic carbocycles. The molecule has 1 aliphatic heterocycles. The van der Waals surface area contributed by atoms with Crippen LogP contribution in [0.25, 0.3) is 0 Å². The maximum atomic E-state index is 12.2. The standard InChI is InChI=1S/C14H19N3O4/c1-2-17(9-11-4-3-7-21-11)14(20)16-10-5-6-12(13(18)19)15-8-10/h5-6,8,11H,2-4,7,9H2,1H3,(H,16,20)(H,18,19). The average Bonchev–Trinajstić information content (AvgIpc) is 2.98. The third-order valence-corrected chi connectivity index (χ3v) is 3.35. The number of carbonyl (C=O) groups excluding carboxylic acids is 1. The van der Waals surface area contributed by atoms with E-state index < -0.39 is 5.97 Å². The van der Waals surface area contributed by atoms with Gasteiger partial charge in [-0.05, 0) is 31.9 Å². The summed E-state index contributed by atoms with van der Waals surface area (Å²) in [6.45, 7) is 3.79. The lowest BCUT2D eigenvalue weighted by atomic mass is 10.2. The number of aromatic nitrogens is 1. The fourth-order valence-electron chi connectivity index (χ4n) is 2.19. The number of nitrogens with zero attached hydrogens (tertiary/aromatic N) is 2. The highest BCUT2D eigenvalue weighted by Crippen LogP contribution is 2.14. The number of hydrogen-bond acceptors (Lipinski definition) is 4. The Hall–Kier alpha value is -2.15. The van der Waals surface area contributed by atoms with Gasteiger partial charge < -0.3 is 20.1 Å². The fraction of sp³-hybridized carbons (Fsp3) is 0.500. The van der Waals surface area contributed by atoms with Gasteiger partial charge in [-0.3, -0.25) is 0 Å². The van der Waals surface area contributed by atoms with Crippen LogP contribution in [-0.4, -0.2) is 52.8 Å². The lowest BCUT2D eigenvalue weighted by molar-refractivity contribution is 0.0690. The molecule has 114 valence electrons. The molecule has 2 N–H and O–H groups in total. The topological polar surface area (TPSA) is 91.8 Å². The smallest absolute Gasteiger partial charge is 0.354 e. The summed E-state index contributed by atoms with van der Waals surface area (Å²) in [5, 5.41) is 11.5. The number of anilines is 1. The van der Waals surface area contributed by atoms with Gasteiger partial charge in [0.15, 0.2) is 0 Å². The van der Waals surface area contributed by atoms with Crippen LogP contribution in [0.1, 0.15) is 30.3 Å². The van der Waals surface area contributed by atoms with Crippen molar-refractivity contribution in [2.45, 2.75) is 25.9 Å². The number of pyridine rings is 1. The number of nitrogens with one attached hydrogen (secondary N) is 1. The molecule has 7 heteroatoms. The van der Waals surface area contributed by atoms with Gasteiger partial charge >= 0.3 is 12.0 Å². The number of aromatic carboxylic acids is 1. The van der Waals surface area contributed by atoms with Crippen molar-refractivity contribution in [3.63, 3.8) is 0 Å². The minimum atomic E-state index is -1.10. The molecule has 21 heavy (non-hydrogen) atoms. The van der Waals surface area contributed by atoms with Crippen LogP contribution in [-0.2, 0) is 4.74 Å². The highest BCUT2D eigenvalue weighted by atomic mass is 16.5. The molecule has 2 amide bonds. The first-order valence-electron chi connectivity index (χ1n) is 6.97. The summed E-state index contributed by atoms with van der Waals surface area (Å²) < 4.78 is 5.53. The normalized spacial score (nSPS) is 17.5. The van der Waals surface area contributed by atoms with Gasteiger partial charge in [-0.25, -0.2) is 14.6 Å². The second-order valence-electron chi connectivity index (χ2n) is 4.84. The molecule has 1 atom stereocenters. The Bertz CT molecular complexity index is 497. The van der Waals surface area contributed by atoms with Gasteiger partial charge in [0.05, 0.1) is 18.0 Å². The maximum Gasteiger partial charge on any atom is 0.354 e. The molecule has 1 aromatic heterocycles. The number of ether oxygens (including phenoxy) is 1. The van der Waals surface area contributed by atoms with Crippen molar-refractivity contribution >= 4 is 17.7 Å². The first kappa shape index (κ1) is 15.2. The van der Waals surface area contributed by atoms with Crippen LogP contribution in [0.2, 0.25) is 0 Å². The lowest BCUT2D eigenvalue weighted by Crippen LogP contribution is -2.40. The molecule has 0 bridgehead atoms. The van der Waals surface area contributed by atoms with Gasteiger partial charge in [0.25, 0.3) is 0 Å². The number of hydrogen-bond donors (Lipinski definition) is 2. The summed E-state index contributed by atoms with van der Waals surface area (Å²) in [5.41, 5.74) is 0.412. The van der Waals surface area contributed by atoms with E-state index in [0.29, 0.717) is 18.8 Å². The Morgan fingerprint density at radius 2 is 2.33 bits per heavy atom. The van der Waals surface area contributed by atoms with Crippen molar-refractivity contribution in [1.82, 2.24) is 9.88 Å². The van der Waals surface area contributed by atoms with E-state index in [9.17, 15) is 9.59 Å². The molecule has 1 fully saturated rings. The number of likely N-dealkylation sites (N-methyl/N-ethyl adjacent to an activating group) is 1.